The van der Waals surface area contributed by atoms with Crippen LogP contribution in [0.5, 0.6) is 0 Å². The van der Waals surface area contributed by atoms with E-state index in [0.717, 1.165) is 43.9 Å². The first-order valence-electron chi connectivity index (χ1n) is 20.3. The van der Waals surface area contributed by atoms with Gasteiger partial charge >= 0.3 is 0 Å². The van der Waals surface area contributed by atoms with Crippen LogP contribution in [-0.2, 0) is 9.68 Å². The standard InChI is InChI=1S/C43H74N2O2/c1-4-7-9-11-13-15-17-19-21-23-25-33-39-46-44(41-35-29-27-30-36-41)43(6-3)45(42-37-31-28-32-38-42)47-40-34-26-24-22-20-18-16-14-12-10-8-5-2/h27-32,35-38,43H,4-26,33-34,39-40H2,1-3H3. The molecule has 2 rings (SSSR count). The highest BCUT2D eigenvalue weighted by molar-refractivity contribution is 5.50. The fraction of sp³-hybridized carbons (Fsp3) is 0.721. The third kappa shape index (κ3) is 20.2. The van der Waals surface area contributed by atoms with E-state index in [2.05, 4.69) is 91.6 Å². The summed E-state index contributed by atoms with van der Waals surface area (Å²) in [5, 5.41) is 4.21. The number of anilines is 2. The molecule has 0 amide bonds. The average Bonchev–Trinajstić information content (AvgIpc) is 3.11. The smallest absolute Gasteiger partial charge is 0.152 e. The number of benzene rings is 2. The van der Waals surface area contributed by atoms with Crippen LogP contribution in [-0.4, -0.2) is 19.4 Å². The molecule has 2 aromatic carbocycles. The molecule has 4 heteroatoms. The predicted octanol–water partition coefficient (Wildman–Crippen LogP) is 14.0. The van der Waals surface area contributed by atoms with Crippen molar-refractivity contribution < 1.29 is 9.68 Å². The maximum atomic E-state index is 6.61. The van der Waals surface area contributed by atoms with E-state index in [1.807, 2.05) is 0 Å². The van der Waals surface area contributed by atoms with Gasteiger partial charge in [0.15, 0.2) is 6.17 Å². The SMILES string of the molecule is CCCCCCCCCCCCCCON(c1ccccc1)C(CC)N(OCCCCCCCCCCCCCC)c1ccccc1. The Morgan fingerprint density at radius 3 is 0.936 bits per heavy atom. The number of rotatable bonds is 33. The minimum absolute atomic E-state index is 0.0607. The van der Waals surface area contributed by atoms with Crippen molar-refractivity contribution in [2.24, 2.45) is 0 Å². The van der Waals surface area contributed by atoms with E-state index < -0.39 is 0 Å². The molecular weight excluding hydrogens is 576 g/mol. The topological polar surface area (TPSA) is 24.9 Å². The fourth-order valence-corrected chi connectivity index (χ4v) is 6.45. The van der Waals surface area contributed by atoms with Gasteiger partial charge in [-0.3, -0.25) is 9.68 Å². The molecule has 0 N–H and O–H groups in total. The van der Waals surface area contributed by atoms with Crippen LogP contribution in [0.15, 0.2) is 60.7 Å². The van der Waals surface area contributed by atoms with Crippen LogP contribution >= 0.6 is 0 Å². The van der Waals surface area contributed by atoms with Gasteiger partial charge in [-0.1, -0.05) is 198 Å². The number of hydrogen-bond donors (Lipinski definition) is 0. The first kappa shape index (κ1) is 41.1. The second kappa shape index (κ2) is 30.1. The lowest BCUT2D eigenvalue weighted by molar-refractivity contribution is 0.0215. The van der Waals surface area contributed by atoms with Gasteiger partial charge < -0.3 is 0 Å². The minimum Gasteiger partial charge on any atom is -0.271 e. The Bertz CT molecular complexity index is 835. The minimum atomic E-state index is -0.0607. The highest BCUT2D eigenvalue weighted by Gasteiger charge is 2.27. The third-order valence-electron chi connectivity index (χ3n) is 9.38. The van der Waals surface area contributed by atoms with Gasteiger partial charge in [0.1, 0.15) is 0 Å². The van der Waals surface area contributed by atoms with E-state index >= 15 is 0 Å². The summed E-state index contributed by atoms with van der Waals surface area (Å²) in [5.74, 6) is 0. The molecule has 0 saturated carbocycles. The first-order chi connectivity index (χ1) is 23.3. The molecule has 0 fully saturated rings. The molecule has 0 aliphatic rings. The van der Waals surface area contributed by atoms with Crippen molar-refractivity contribution in [2.75, 3.05) is 23.3 Å². The highest BCUT2D eigenvalue weighted by Crippen LogP contribution is 2.27. The molecule has 0 saturated heterocycles. The van der Waals surface area contributed by atoms with Crippen LogP contribution in [0.25, 0.3) is 0 Å². The molecular formula is C43H74N2O2. The summed E-state index contributed by atoms with van der Waals surface area (Å²) in [4.78, 5) is 13.2. The van der Waals surface area contributed by atoms with Crippen molar-refractivity contribution in [1.29, 1.82) is 0 Å². The maximum absolute atomic E-state index is 6.61. The van der Waals surface area contributed by atoms with Gasteiger partial charge in [0.25, 0.3) is 0 Å². The van der Waals surface area contributed by atoms with E-state index in [1.54, 1.807) is 0 Å². The Morgan fingerprint density at radius 1 is 0.383 bits per heavy atom. The Labute approximate surface area is 291 Å². The predicted molar refractivity (Wildman–Crippen MR) is 206 cm³/mol. The Balaban J connectivity index is 1.80. The van der Waals surface area contributed by atoms with Crippen LogP contribution in [0.2, 0.25) is 0 Å². The fourth-order valence-electron chi connectivity index (χ4n) is 6.45. The summed E-state index contributed by atoms with van der Waals surface area (Å²) in [6.45, 7) is 8.27. The molecule has 0 spiro atoms. The van der Waals surface area contributed by atoms with Gasteiger partial charge in [0.2, 0.25) is 0 Å². The lowest BCUT2D eigenvalue weighted by Gasteiger charge is -2.39. The first-order valence-corrected chi connectivity index (χ1v) is 20.3. The van der Waals surface area contributed by atoms with E-state index in [1.165, 1.54) is 141 Å². The molecule has 47 heavy (non-hydrogen) atoms. The van der Waals surface area contributed by atoms with Gasteiger partial charge in [-0.25, -0.2) is 10.1 Å². The summed E-state index contributed by atoms with van der Waals surface area (Å²) >= 11 is 0. The molecule has 0 unspecified atom stereocenters. The molecule has 0 bridgehead atoms. The van der Waals surface area contributed by atoms with Crippen LogP contribution < -0.4 is 10.1 Å². The van der Waals surface area contributed by atoms with Crippen molar-refractivity contribution in [3.63, 3.8) is 0 Å². The molecule has 0 aromatic heterocycles. The summed E-state index contributed by atoms with van der Waals surface area (Å²) in [7, 11) is 0. The van der Waals surface area contributed by atoms with Crippen LogP contribution in [0.4, 0.5) is 11.4 Å². The zero-order valence-corrected chi connectivity index (χ0v) is 31.2. The van der Waals surface area contributed by atoms with Crippen LogP contribution in [0.3, 0.4) is 0 Å². The van der Waals surface area contributed by atoms with Crippen molar-refractivity contribution >= 4 is 11.4 Å². The largest absolute Gasteiger partial charge is 0.271 e. The summed E-state index contributed by atoms with van der Waals surface area (Å²) in [5.41, 5.74) is 2.15. The number of para-hydroxylation sites is 2. The Hall–Kier alpha value is -2.04. The second-order valence-electron chi connectivity index (χ2n) is 13.7. The van der Waals surface area contributed by atoms with Crippen LogP contribution in [0.1, 0.15) is 181 Å². The lowest BCUT2D eigenvalue weighted by Crippen LogP contribution is -2.49. The Kier molecular flexibility index (Phi) is 26.3. The Morgan fingerprint density at radius 2 is 0.660 bits per heavy atom. The zero-order chi connectivity index (χ0) is 33.5. The van der Waals surface area contributed by atoms with E-state index in [4.69, 9.17) is 9.68 Å². The van der Waals surface area contributed by atoms with Gasteiger partial charge in [0.05, 0.1) is 24.6 Å². The highest BCUT2D eigenvalue weighted by atomic mass is 16.7. The summed E-state index contributed by atoms with van der Waals surface area (Å²) in [6.07, 6.45) is 33.2. The quantitative estimate of drug-likeness (QED) is 0.0436. The maximum Gasteiger partial charge on any atom is 0.152 e. The van der Waals surface area contributed by atoms with Gasteiger partial charge in [-0.15, -0.1) is 0 Å². The van der Waals surface area contributed by atoms with E-state index in [9.17, 15) is 0 Å². The number of nitrogens with zero attached hydrogens (tertiary/aromatic N) is 2. The summed E-state index contributed by atoms with van der Waals surface area (Å²) in [6, 6.07) is 21.2. The zero-order valence-electron chi connectivity index (χ0n) is 31.2. The van der Waals surface area contributed by atoms with Crippen molar-refractivity contribution in [1.82, 2.24) is 0 Å². The van der Waals surface area contributed by atoms with Crippen LogP contribution in [0, 0.1) is 0 Å². The van der Waals surface area contributed by atoms with Gasteiger partial charge in [0, 0.05) is 0 Å². The van der Waals surface area contributed by atoms with Gasteiger partial charge in [-0.05, 0) is 43.5 Å². The normalized spacial score (nSPS) is 11.4. The number of hydrogen-bond acceptors (Lipinski definition) is 4. The van der Waals surface area contributed by atoms with Gasteiger partial charge in [-0.2, -0.15) is 0 Å². The second-order valence-corrected chi connectivity index (χ2v) is 13.7. The average molecular weight is 651 g/mol. The van der Waals surface area contributed by atoms with E-state index in [-0.39, 0.29) is 6.17 Å². The van der Waals surface area contributed by atoms with Crippen molar-refractivity contribution in [2.45, 2.75) is 187 Å². The lowest BCUT2D eigenvalue weighted by atomic mass is 10.1. The molecule has 0 aliphatic carbocycles. The third-order valence-corrected chi connectivity index (χ3v) is 9.38. The molecule has 0 radical (unpaired) electrons. The molecule has 0 heterocycles. The molecule has 0 aliphatic heterocycles. The summed E-state index contributed by atoms with van der Waals surface area (Å²) < 4.78 is 0. The van der Waals surface area contributed by atoms with Crippen molar-refractivity contribution in [3.8, 4) is 0 Å². The monoisotopic (exact) mass is 651 g/mol. The van der Waals surface area contributed by atoms with Crippen molar-refractivity contribution in [3.05, 3.63) is 60.7 Å². The number of unbranched alkanes of at least 4 members (excludes halogenated alkanes) is 22. The molecule has 0 atom stereocenters. The molecule has 268 valence electrons. The molecule has 2 aromatic rings. The number of hydroxylamine groups is 2. The van der Waals surface area contributed by atoms with E-state index in [0.29, 0.717) is 0 Å². The molecule has 4 nitrogen and oxygen atoms in total.